The fraction of sp³-hybridized carbons (Fsp3) is 0.409. The number of anilines is 1. The molecule has 9 heteroatoms. The molecule has 1 fully saturated rings. The highest BCUT2D eigenvalue weighted by molar-refractivity contribution is 6.02. The van der Waals surface area contributed by atoms with Crippen LogP contribution in [0, 0.1) is 24.2 Å². The topological polar surface area (TPSA) is 117 Å². The number of likely N-dealkylation sites (N-methyl/N-ethyl adjacent to an activating group) is 1. The van der Waals surface area contributed by atoms with Crippen LogP contribution in [-0.2, 0) is 14.3 Å². The highest BCUT2D eigenvalue weighted by atomic mass is 16.5. The molecule has 2 aromatic heterocycles. The summed E-state index contributed by atoms with van der Waals surface area (Å²) in [6.07, 6.45) is 4.28. The number of amides is 1. The lowest BCUT2D eigenvalue weighted by molar-refractivity contribution is -0.148. The highest BCUT2D eigenvalue weighted by Crippen LogP contribution is 2.26. The van der Waals surface area contributed by atoms with Gasteiger partial charge in [-0.15, -0.1) is 0 Å². The van der Waals surface area contributed by atoms with Gasteiger partial charge in [0.25, 0.3) is 11.5 Å². The SMILES string of the molecule is CCOC(=O)[C@@H]1CCCN(c2nc3c(C)cccn3c(=O)c2/C=C(\C#N)C(=O)NC)C1. The van der Waals surface area contributed by atoms with Gasteiger partial charge < -0.3 is 15.0 Å². The van der Waals surface area contributed by atoms with Crippen LogP contribution in [0.15, 0.2) is 28.7 Å². The first-order valence-corrected chi connectivity index (χ1v) is 10.2. The summed E-state index contributed by atoms with van der Waals surface area (Å²) in [6.45, 7) is 4.85. The van der Waals surface area contributed by atoms with Crippen molar-refractivity contribution in [3.05, 3.63) is 45.4 Å². The van der Waals surface area contributed by atoms with Gasteiger partial charge in [-0.05, 0) is 44.4 Å². The van der Waals surface area contributed by atoms with E-state index in [0.29, 0.717) is 37.6 Å². The summed E-state index contributed by atoms with van der Waals surface area (Å²) in [7, 11) is 1.41. The zero-order chi connectivity index (χ0) is 22.5. The molecule has 31 heavy (non-hydrogen) atoms. The standard InChI is InChI=1S/C22H25N5O4/c1-4-31-22(30)15-8-6-9-26(13-15)19-17(11-16(12-23)20(28)24-3)21(29)27-10-5-7-14(2)18(27)25-19/h5,7,10-11,15H,4,6,8-9,13H2,1-3H3,(H,24,28)/b16-11+/t15-/m1/s1. The summed E-state index contributed by atoms with van der Waals surface area (Å²) in [4.78, 5) is 44.3. The molecular formula is C22H25N5O4. The third-order valence-corrected chi connectivity index (χ3v) is 5.29. The second-order valence-electron chi connectivity index (χ2n) is 7.33. The number of aromatic nitrogens is 2. The fourth-order valence-electron chi connectivity index (χ4n) is 3.72. The van der Waals surface area contributed by atoms with Crippen LogP contribution in [0.5, 0.6) is 0 Å². The summed E-state index contributed by atoms with van der Waals surface area (Å²) in [5.41, 5.74) is 0.832. The number of carbonyl (C=O) groups is 2. The van der Waals surface area contributed by atoms with Gasteiger partial charge in [-0.1, -0.05) is 6.07 Å². The van der Waals surface area contributed by atoms with Crippen LogP contribution >= 0.6 is 0 Å². The summed E-state index contributed by atoms with van der Waals surface area (Å²) in [5.74, 6) is -0.853. The molecule has 0 radical (unpaired) electrons. The van der Waals surface area contributed by atoms with Gasteiger partial charge in [-0.2, -0.15) is 5.26 Å². The van der Waals surface area contributed by atoms with Crippen molar-refractivity contribution in [1.82, 2.24) is 14.7 Å². The van der Waals surface area contributed by atoms with Gasteiger partial charge in [0.05, 0.1) is 18.1 Å². The van der Waals surface area contributed by atoms with E-state index in [2.05, 4.69) is 5.32 Å². The molecule has 1 aliphatic heterocycles. The molecule has 0 aromatic carbocycles. The van der Waals surface area contributed by atoms with Crippen molar-refractivity contribution in [1.29, 1.82) is 5.26 Å². The second-order valence-corrected chi connectivity index (χ2v) is 7.33. The zero-order valence-corrected chi connectivity index (χ0v) is 17.8. The Bertz CT molecular complexity index is 1150. The van der Waals surface area contributed by atoms with E-state index >= 15 is 0 Å². The number of nitriles is 1. The van der Waals surface area contributed by atoms with Crippen molar-refractivity contribution in [3.63, 3.8) is 0 Å². The van der Waals surface area contributed by atoms with Gasteiger partial charge in [0.2, 0.25) is 0 Å². The van der Waals surface area contributed by atoms with E-state index in [-0.39, 0.29) is 23.0 Å². The van der Waals surface area contributed by atoms with Crippen molar-refractivity contribution in [3.8, 4) is 6.07 Å². The van der Waals surface area contributed by atoms with Crippen LogP contribution in [0.25, 0.3) is 11.7 Å². The number of aryl methyl sites for hydroxylation is 1. The van der Waals surface area contributed by atoms with Crippen molar-refractivity contribution in [2.45, 2.75) is 26.7 Å². The smallest absolute Gasteiger partial charge is 0.310 e. The minimum atomic E-state index is -0.592. The minimum Gasteiger partial charge on any atom is -0.466 e. The van der Waals surface area contributed by atoms with E-state index in [4.69, 9.17) is 9.72 Å². The second kappa shape index (κ2) is 9.43. The third-order valence-electron chi connectivity index (χ3n) is 5.29. The van der Waals surface area contributed by atoms with Gasteiger partial charge in [0, 0.05) is 26.3 Å². The quantitative estimate of drug-likeness (QED) is 0.439. The van der Waals surface area contributed by atoms with Gasteiger partial charge in [0.15, 0.2) is 0 Å². The van der Waals surface area contributed by atoms with E-state index in [1.54, 1.807) is 19.2 Å². The zero-order valence-electron chi connectivity index (χ0n) is 17.8. The molecule has 1 aliphatic rings. The number of piperidine rings is 1. The normalized spacial score (nSPS) is 16.6. The lowest BCUT2D eigenvalue weighted by Crippen LogP contribution is -2.41. The van der Waals surface area contributed by atoms with Crippen molar-refractivity contribution >= 4 is 29.4 Å². The molecule has 0 bridgehead atoms. The van der Waals surface area contributed by atoms with E-state index in [1.165, 1.54) is 17.5 Å². The number of ether oxygens (including phenoxy) is 1. The Kier molecular flexibility index (Phi) is 6.70. The number of nitrogens with one attached hydrogen (secondary N) is 1. The number of hydrogen-bond donors (Lipinski definition) is 1. The molecule has 3 rings (SSSR count). The summed E-state index contributed by atoms with van der Waals surface area (Å²) in [5, 5.41) is 11.8. The summed E-state index contributed by atoms with van der Waals surface area (Å²) in [6, 6.07) is 5.43. The van der Waals surface area contributed by atoms with Crippen molar-refractivity contribution in [2.24, 2.45) is 5.92 Å². The molecule has 0 unspecified atom stereocenters. The Labute approximate surface area is 179 Å². The van der Waals surface area contributed by atoms with Crippen molar-refractivity contribution < 1.29 is 14.3 Å². The predicted molar refractivity (Wildman–Crippen MR) is 115 cm³/mol. The lowest BCUT2D eigenvalue weighted by atomic mass is 9.97. The molecule has 0 saturated carbocycles. The molecule has 0 aliphatic carbocycles. The molecule has 2 aromatic rings. The maximum atomic E-state index is 13.3. The molecule has 1 atom stereocenters. The molecule has 0 spiro atoms. The number of hydrogen-bond acceptors (Lipinski definition) is 7. The number of fused-ring (bicyclic) bond motifs is 1. The van der Waals surface area contributed by atoms with Gasteiger partial charge in [-0.25, -0.2) is 4.98 Å². The first-order chi connectivity index (χ1) is 14.9. The Morgan fingerprint density at radius 2 is 2.23 bits per heavy atom. The monoisotopic (exact) mass is 423 g/mol. The first kappa shape index (κ1) is 22.0. The van der Waals surface area contributed by atoms with Gasteiger partial charge >= 0.3 is 5.97 Å². The summed E-state index contributed by atoms with van der Waals surface area (Å²) >= 11 is 0. The molecule has 9 nitrogen and oxygen atoms in total. The minimum absolute atomic E-state index is 0.132. The Morgan fingerprint density at radius 3 is 2.90 bits per heavy atom. The van der Waals surface area contributed by atoms with E-state index in [9.17, 15) is 19.6 Å². The maximum Gasteiger partial charge on any atom is 0.310 e. The van der Waals surface area contributed by atoms with Crippen LogP contribution in [0.3, 0.4) is 0 Å². The van der Waals surface area contributed by atoms with E-state index in [0.717, 1.165) is 12.0 Å². The van der Waals surface area contributed by atoms with Crippen LogP contribution in [0.4, 0.5) is 5.82 Å². The van der Waals surface area contributed by atoms with Crippen LogP contribution in [-0.4, -0.2) is 48.0 Å². The number of carbonyl (C=O) groups excluding carboxylic acids is 2. The Hall–Kier alpha value is -3.67. The molecule has 3 heterocycles. The number of nitrogens with zero attached hydrogens (tertiary/aromatic N) is 4. The molecular weight excluding hydrogens is 398 g/mol. The molecule has 1 N–H and O–H groups in total. The van der Waals surface area contributed by atoms with E-state index < -0.39 is 11.5 Å². The maximum absolute atomic E-state index is 13.3. The van der Waals surface area contributed by atoms with E-state index in [1.807, 2.05) is 24.0 Å². The highest BCUT2D eigenvalue weighted by Gasteiger charge is 2.30. The first-order valence-electron chi connectivity index (χ1n) is 10.2. The molecule has 162 valence electrons. The van der Waals surface area contributed by atoms with Crippen LogP contribution < -0.4 is 15.8 Å². The number of esters is 1. The number of rotatable bonds is 5. The predicted octanol–water partition coefficient (Wildman–Crippen LogP) is 1.44. The van der Waals surface area contributed by atoms with Crippen molar-refractivity contribution in [2.75, 3.05) is 31.6 Å². The third kappa shape index (κ3) is 4.43. The average molecular weight is 423 g/mol. The summed E-state index contributed by atoms with van der Waals surface area (Å²) < 4.78 is 6.58. The Balaban J connectivity index is 2.19. The molecule has 1 saturated heterocycles. The average Bonchev–Trinajstić information content (AvgIpc) is 2.78. The largest absolute Gasteiger partial charge is 0.466 e. The van der Waals surface area contributed by atoms with Crippen LogP contribution in [0.2, 0.25) is 0 Å². The van der Waals surface area contributed by atoms with Crippen LogP contribution in [0.1, 0.15) is 30.9 Å². The Morgan fingerprint density at radius 1 is 1.45 bits per heavy atom. The van der Waals surface area contributed by atoms with Gasteiger partial charge in [0.1, 0.15) is 23.1 Å². The molecule has 1 amide bonds. The lowest BCUT2D eigenvalue weighted by Gasteiger charge is -2.33. The number of pyridine rings is 1. The fourth-order valence-corrected chi connectivity index (χ4v) is 3.72. The van der Waals surface area contributed by atoms with Gasteiger partial charge in [-0.3, -0.25) is 18.8 Å².